The first-order valence-corrected chi connectivity index (χ1v) is 8.84. The summed E-state index contributed by atoms with van der Waals surface area (Å²) in [5.41, 5.74) is 0.654. The molecule has 1 aromatic heterocycles. The zero-order valence-electron chi connectivity index (χ0n) is 15.6. The number of likely N-dealkylation sites (tertiary alicyclic amines) is 1. The predicted molar refractivity (Wildman–Crippen MR) is 97.9 cm³/mol. The molecule has 1 aliphatic rings. The van der Waals surface area contributed by atoms with Crippen molar-refractivity contribution in [2.24, 2.45) is 0 Å². The Kier molecular flexibility index (Phi) is 5.16. The molecule has 0 aliphatic carbocycles. The van der Waals surface area contributed by atoms with Gasteiger partial charge in [-0.1, -0.05) is 11.2 Å². The zero-order chi connectivity index (χ0) is 19.6. The maximum absolute atomic E-state index is 13.5. The fourth-order valence-electron chi connectivity index (χ4n) is 3.53. The molecule has 8 heteroatoms. The molecule has 2 N–H and O–H groups in total. The number of carbonyl (C=O) groups is 2. The number of nitrogens with zero attached hydrogens (tertiary/aromatic N) is 2. The topological polar surface area (TPSA) is 87.5 Å². The van der Waals surface area contributed by atoms with Crippen molar-refractivity contribution in [1.29, 1.82) is 0 Å². The van der Waals surface area contributed by atoms with Gasteiger partial charge in [0.05, 0.1) is 5.69 Å². The lowest BCUT2D eigenvalue weighted by Gasteiger charge is -2.41. The summed E-state index contributed by atoms with van der Waals surface area (Å²) >= 11 is 0. The molecule has 0 atom stereocenters. The summed E-state index contributed by atoms with van der Waals surface area (Å²) in [6.07, 6.45) is 0.802. The molecule has 0 spiro atoms. The largest absolute Gasteiger partial charge is 0.371 e. The molecule has 2 heterocycles. The first-order valence-electron chi connectivity index (χ1n) is 8.84. The van der Waals surface area contributed by atoms with E-state index in [-0.39, 0.29) is 17.6 Å². The van der Waals surface area contributed by atoms with Crippen LogP contribution in [0.15, 0.2) is 28.8 Å². The van der Waals surface area contributed by atoms with Crippen molar-refractivity contribution in [3.05, 3.63) is 47.1 Å². The Morgan fingerprint density at radius 3 is 2.52 bits per heavy atom. The van der Waals surface area contributed by atoms with Gasteiger partial charge < -0.3 is 20.1 Å². The molecule has 2 aromatic rings. The number of amides is 2. The van der Waals surface area contributed by atoms with Crippen molar-refractivity contribution >= 4 is 17.5 Å². The van der Waals surface area contributed by atoms with E-state index >= 15 is 0 Å². The van der Waals surface area contributed by atoms with Crippen molar-refractivity contribution in [3.63, 3.8) is 0 Å². The Hall–Kier alpha value is -2.90. The molecular formula is C19H23FN4O3. The summed E-state index contributed by atoms with van der Waals surface area (Å²) in [6.45, 7) is 4.21. The third-order valence-corrected chi connectivity index (χ3v) is 5.02. The highest BCUT2D eigenvalue weighted by Gasteiger charge is 2.42. The molecule has 1 saturated heterocycles. The lowest BCUT2D eigenvalue weighted by atomic mass is 9.85. The number of likely N-dealkylation sites (N-methyl/N-ethyl adjacent to an activating group) is 1. The average Bonchev–Trinajstić information content (AvgIpc) is 2.99. The number of rotatable bonds is 4. The van der Waals surface area contributed by atoms with E-state index in [1.165, 1.54) is 12.1 Å². The van der Waals surface area contributed by atoms with Gasteiger partial charge in [0.2, 0.25) is 5.91 Å². The Morgan fingerprint density at radius 2 is 1.96 bits per heavy atom. The second-order valence-electron chi connectivity index (χ2n) is 6.79. The summed E-state index contributed by atoms with van der Waals surface area (Å²) in [4.78, 5) is 27.1. The third kappa shape index (κ3) is 3.65. The average molecular weight is 374 g/mol. The van der Waals surface area contributed by atoms with E-state index in [2.05, 4.69) is 15.8 Å². The van der Waals surface area contributed by atoms with E-state index in [1.807, 2.05) is 0 Å². The molecular weight excluding hydrogens is 351 g/mol. The minimum atomic E-state index is -0.905. The maximum Gasteiger partial charge on any atom is 0.259 e. The number of aryl methyl sites for hydroxylation is 2. The predicted octanol–water partition coefficient (Wildman–Crippen LogP) is 2.26. The van der Waals surface area contributed by atoms with Crippen LogP contribution in [-0.2, 0) is 4.79 Å². The Morgan fingerprint density at radius 1 is 1.26 bits per heavy atom. The quantitative estimate of drug-likeness (QED) is 0.857. The van der Waals surface area contributed by atoms with Crippen molar-refractivity contribution in [1.82, 2.24) is 15.4 Å². The molecule has 7 nitrogen and oxygen atoms in total. The fourth-order valence-corrected chi connectivity index (χ4v) is 3.53. The van der Waals surface area contributed by atoms with Crippen LogP contribution >= 0.6 is 0 Å². The smallest absolute Gasteiger partial charge is 0.259 e. The van der Waals surface area contributed by atoms with Crippen molar-refractivity contribution < 1.29 is 18.5 Å². The van der Waals surface area contributed by atoms with Crippen LogP contribution in [0.1, 0.15) is 34.7 Å². The van der Waals surface area contributed by atoms with Gasteiger partial charge in [-0.2, -0.15) is 0 Å². The number of anilines is 1. The molecule has 3 rings (SSSR count). The number of benzene rings is 1. The summed E-state index contributed by atoms with van der Waals surface area (Å²) in [5, 5.41) is 9.69. The van der Waals surface area contributed by atoms with Crippen molar-refractivity contribution in [2.75, 3.05) is 25.5 Å². The van der Waals surface area contributed by atoms with Crippen LogP contribution in [0.25, 0.3) is 0 Å². The molecule has 2 amide bonds. The summed E-state index contributed by atoms with van der Waals surface area (Å²) in [7, 11) is 1.57. The normalized spacial score (nSPS) is 16.1. The summed E-state index contributed by atoms with van der Waals surface area (Å²) in [5.74, 6) is -0.227. The number of carbonyl (C=O) groups excluding carboxylic acids is 2. The molecule has 1 aliphatic heterocycles. The van der Waals surface area contributed by atoms with Crippen molar-refractivity contribution in [2.45, 2.75) is 32.2 Å². The van der Waals surface area contributed by atoms with E-state index in [0.717, 1.165) is 0 Å². The molecule has 0 radical (unpaired) electrons. The van der Waals surface area contributed by atoms with Gasteiger partial charge in [0.15, 0.2) is 0 Å². The first kappa shape index (κ1) is 18.9. The number of halogens is 1. The minimum absolute atomic E-state index is 0.150. The Labute approximate surface area is 156 Å². The third-order valence-electron chi connectivity index (χ3n) is 5.02. The molecule has 27 heavy (non-hydrogen) atoms. The van der Waals surface area contributed by atoms with Gasteiger partial charge in [-0.05, 0) is 44.9 Å². The summed E-state index contributed by atoms with van der Waals surface area (Å²) in [6, 6.07) is 6.01. The molecule has 144 valence electrons. The van der Waals surface area contributed by atoms with Crippen LogP contribution in [0.4, 0.5) is 10.1 Å². The number of aromatic nitrogens is 1. The van der Waals surface area contributed by atoms with E-state index in [9.17, 15) is 14.0 Å². The molecule has 0 bridgehead atoms. The van der Waals surface area contributed by atoms with Crippen LogP contribution in [0.3, 0.4) is 0 Å². The molecule has 1 fully saturated rings. The fraction of sp³-hybridized carbons (Fsp3) is 0.421. The van der Waals surface area contributed by atoms with Gasteiger partial charge in [-0.15, -0.1) is 0 Å². The maximum atomic E-state index is 13.5. The number of hydrogen-bond donors (Lipinski definition) is 2. The van der Waals surface area contributed by atoms with Gasteiger partial charge in [-0.3, -0.25) is 9.59 Å². The SMILES string of the molecule is CNC(=O)C1(Nc2cccc(F)c2)CCN(C(=O)c2c(C)noc2C)CC1. The Balaban J connectivity index is 1.78. The zero-order valence-corrected chi connectivity index (χ0v) is 15.6. The lowest BCUT2D eigenvalue weighted by molar-refractivity contribution is -0.126. The highest BCUT2D eigenvalue weighted by Crippen LogP contribution is 2.29. The van der Waals surface area contributed by atoms with Gasteiger partial charge in [0.1, 0.15) is 22.7 Å². The number of nitrogens with one attached hydrogen (secondary N) is 2. The van der Waals surface area contributed by atoms with Crippen LogP contribution < -0.4 is 10.6 Å². The van der Waals surface area contributed by atoms with Crippen molar-refractivity contribution in [3.8, 4) is 0 Å². The van der Waals surface area contributed by atoms with Crippen LogP contribution in [0.2, 0.25) is 0 Å². The van der Waals surface area contributed by atoms with Gasteiger partial charge in [-0.25, -0.2) is 4.39 Å². The standard InChI is InChI=1S/C19H23FN4O3/c1-12-16(13(2)27-23-12)17(25)24-9-7-19(8-10-24,18(26)21-3)22-15-6-4-5-14(20)11-15/h4-6,11,22H,7-10H2,1-3H3,(H,21,26). The second kappa shape index (κ2) is 7.38. The van der Waals surface area contributed by atoms with E-state index in [4.69, 9.17) is 4.52 Å². The van der Waals surface area contributed by atoms with Gasteiger partial charge in [0.25, 0.3) is 5.91 Å². The highest BCUT2D eigenvalue weighted by atomic mass is 19.1. The minimum Gasteiger partial charge on any atom is -0.371 e. The summed E-state index contributed by atoms with van der Waals surface area (Å²) < 4.78 is 18.6. The number of piperidine rings is 1. The monoisotopic (exact) mass is 374 g/mol. The van der Waals surface area contributed by atoms with Crippen LogP contribution in [0.5, 0.6) is 0 Å². The van der Waals surface area contributed by atoms with E-state index in [1.54, 1.807) is 37.9 Å². The molecule has 0 saturated carbocycles. The molecule has 0 unspecified atom stereocenters. The van der Waals surface area contributed by atoms with E-state index < -0.39 is 5.54 Å². The van der Waals surface area contributed by atoms with Crippen LogP contribution in [-0.4, -0.2) is 47.5 Å². The lowest BCUT2D eigenvalue weighted by Crippen LogP contribution is -2.58. The second-order valence-corrected chi connectivity index (χ2v) is 6.79. The number of hydrogen-bond acceptors (Lipinski definition) is 5. The Bertz CT molecular complexity index is 837. The molecule has 1 aromatic carbocycles. The van der Waals surface area contributed by atoms with Crippen LogP contribution in [0, 0.1) is 19.7 Å². The van der Waals surface area contributed by atoms with Gasteiger partial charge >= 0.3 is 0 Å². The highest BCUT2D eigenvalue weighted by molar-refractivity contribution is 5.96. The first-order chi connectivity index (χ1) is 12.9. The van der Waals surface area contributed by atoms with Gasteiger partial charge in [0, 0.05) is 25.8 Å². The van der Waals surface area contributed by atoms with E-state index in [0.29, 0.717) is 48.6 Å².